The number of fused-ring (bicyclic) bond motifs is 1. The average Bonchev–Trinajstić information content (AvgIpc) is 3.04. The lowest BCUT2D eigenvalue weighted by atomic mass is 10.2. The van der Waals surface area contributed by atoms with E-state index in [2.05, 4.69) is 10.0 Å². The van der Waals surface area contributed by atoms with E-state index in [1.807, 2.05) is 6.92 Å². The Hall–Kier alpha value is -2.23. The predicted molar refractivity (Wildman–Crippen MR) is 127 cm³/mol. The van der Waals surface area contributed by atoms with Crippen LogP contribution in [0.3, 0.4) is 0 Å². The molecule has 10 heteroatoms. The van der Waals surface area contributed by atoms with Gasteiger partial charge in [0, 0.05) is 18.0 Å². The number of benzene rings is 2. The number of rotatable bonds is 4. The van der Waals surface area contributed by atoms with Crippen LogP contribution in [0.5, 0.6) is 0 Å². The number of thioether (sulfide) groups is 1. The number of nitrogens with one attached hydrogen (secondary N) is 2. The Balaban J connectivity index is 1.53. The molecule has 2 heterocycles. The van der Waals surface area contributed by atoms with Gasteiger partial charge in [-0.15, -0.1) is 11.8 Å². The van der Waals surface area contributed by atoms with Crippen LogP contribution in [-0.4, -0.2) is 43.5 Å². The Labute approximate surface area is 196 Å². The van der Waals surface area contributed by atoms with Crippen LogP contribution in [0.15, 0.2) is 46.2 Å². The molecule has 2 N–H and O–H groups in total. The molecule has 32 heavy (non-hydrogen) atoms. The molecule has 2 aliphatic rings. The molecule has 0 bridgehead atoms. The summed E-state index contributed by atoms with van der Waals surface area (Å²) in [6.45, 7) is 3.19. The van der Waals surface area contributed by atoms with Crippen molar-refractivity contribution in [2.75, 3.05) is 23.1 Å². The highest BCUT2D eigenvalue weighted by molar-refractivity contribution is 8.01. The normalized spacial score (nSPS) is 19.0. The third-order valence-electron chi connectivity index (χ3n) is 5.51. The fraction of sp³-hybridized carbons (Fsp3) is 0.364. The number of hydrogen-bond donors (Lipinski definition) is 2. The second-order valence-electron chi connectivity index (χ2n) is 7.97. The minimum absolute atomic E-state index is 0.00825. The molecule has 2 aromatic rings. The van der Waals surface area contributed by atoms with Crippen LogP contribution < -0.4 is 10.0 Å². The molecule has 2 aromatic carbocycles. The number of amides is 2. The topological polar surface area (TPSA) is 95.6 Å². The second kappa shape index (κ2) is 9.33. The third-order valence-corrected chi connectivity index (χ3v) is 8.45. The van der Waals surface area contributed by atoms with E-state index < -0.39 is 21.2 Å². The summed E-state index contributed by atoms with van der Waals surface area (Å²) in [5.41, 5.74) is 1.56. The van der Waals surface area contributed by atoms with Crippen LogP contribution >= 0.6 is 23.4 Å². The summed E-state index contributed by atoms with van der Waals surface area (Å²) in [7, 11) is -3.92. The summed E-state index contributed by atoms with van der Waals surface area (Å²) < 4.78 is 28.2. The second-order valence-corrected chi connectivity index (χ2v) is 11.2. The number of anilines is 2. The monoisotopic (exact) mass is 493 g/mol. The average molecular weight is 494 g/mol. The number of aryl methyl sites for hydroxylation is 1. The van der Waals surface area contributed by atoms with Crippen LogP contribution in [-0.2, 0) is 19.6 Å². The minimum Gasteiger partial charge on any atom is -0.341 e. The van der Waals surface area contributed by atoms with Gasteiger partial charge in [-0.25, -0.2) is 8.42 Å². The van der Waals surface area contributed by atoms with E-state index in [4.69, 9.17) is 11.6 Å². The van der Waals surface area contributed by atoms with E-state index >= 15 is 0 Å². The van der Waals surface area contributed by atoms with E-state index in [1.165, 1.54) is 12.1 Å². The molecule has 0 radical (unpaired) electrons. The summed E-state index contributed by atoms with van der Waals surface area (Å²) >= 11 is 7.32. The predicted octanol–water partition coefficient (Wildman–Crippen LogP) is 4.26. The fourth-order valence-corrected chi connectivity index (χ4v) is 6.28. The molecular formula is C22H24ClN3O4S2. The molecular weight excluding hydrogens is 470 g/mol. The molecule has 2 aliphatic heterocycles. The van der Waals surface area contributed by atoms with Crippen molar-refractivity contribution in [3.8, 4) is 0 Å². The molecule has 0 spiro atoms. The van der Waals surface area contributed by atoms with Crippen LogP contribution in [0.25, 0.3) is 0 Å². The van der Waals surface area contributed by atoms with Gasteiger partial charge in [0.05, 0.1) is 21.3 Å². The van der Waals surface area contributed by atoms with Crippen molar-refractivity contribution in [3.63, 3.8) is 0 Å². The highest BCUT2D eigenvalue weighted by Gasteiger charge is 2.36. The van der Waals surface area contributed by atoms with Gasteiger partial charge in [-0.2, -0.15) is 0 Å². The maximum absolute atomic E-state index is 12.9. The fourth-order valence-electron chi connectivity index (χ4n) is 3.78. The number of hydrogen-bond acceptors (Lipinski definition) is 5. The summed E-state index contributed by atoms with van der Waals surface area (Å²) in [5, 5.41) is 2.14. The van der Waals surface area contributed by atoms with Crippen molar-refractivity contribution in [3.05, 3.63) is 47.0 Å². The standard InChI is InChI=1S/C22H24ClN3O4S2/c1-14-6-8-17(16(23)12-14)25-32(29,30)15-7-9-19-18(13-15)24-21(27)20(31-19)22(28)26-10-4-2-3-5-11-26/h6-9,12-13,20,25H,2-5,10-11H2,1H3,(H,24,27)/t20-/m1/s1. The van der Waals surface area contributed by atoms with Gasteiger partial charge in [0.25, 0.3) is 10.0 Å². The van der Waals surface area contributed by atoms with Crippen LogP contribution in [0.2, 0.25) is 5.02 Å². The number of nitrogens with zero attached hydrogens (tertiary/aromatic N) is 1. The lowest BCUT2D eigenvalue weighted by Gasteiger charge is -2.28. The number of carbonyl (C=O) groups excluding carboxylic acids is 2. The maximum Gasteiger partial charge on any atom is 0.262 e. The van der Waals surface area contributed by atoms with Crippen molar-refractivity contribution >= 4 is 56.6 Å². The van der Waals surface area contributed by atoms with E-state index in [0.29, 0.717) is 28.7 Å². The first-order valence-electron chi connectivity index (χ1n) is 10.4. The van der Waals surface area contributed by atoms with E-state index in [-0.39, 0.29) is 16.5 Å². The van der Waals surface area contributed by atoms with Crippen molar-refractivity contribution in [2.45, 2.75) is 47.6 Å². The highest BCUT2D eigenvalue weighted by atomic mass is 35.5. The van der Waals surface area contributed by atoms with Gasteiger partial charge in [0.15, 0.2) is 5.25 Å². The molecule has 7 nitrogen and oxygen atoms in total. The molecule has 1 atom stereocenters. The molecule has 2 amide bonds. The van der Waals surface area contributed by atoms with Gasteiger partial charge in [-0.05, 0) is 55.7 Å². The molecule has 0 aliphatic carbocycles. The van der Waals surface area contributed by atoms with Crippen molar-refractivity contribution in [2.24, 2.45) is 0 Å². The number of likely N-dealkylation sites (tertiary alicyclic amines) is 1. The third kappa shape index (κ3) is 4.89. The molecule has 1 saturated heterocycles. The van der Waals surface area contributed by atoms with Gasteiger partial charge < -0.3 is 10.2 Å². The van der Waals surface area contributed by atoms with E-state index in [9.17, 15) is 18.0 Å². The van der Waals surface area contributed by atoms with Crippen LogP contribution in [0.4, 0.5) is 11.4 Å². The molecule has 4 rings (SSSR count). The van der Waals surface area contributed by atoms with Gasteiger partial charge >= 0.3 is 0 Å². The van der Waals surface area contributed by atoms with Crippen molar-refractivity contribution < 1.29 is 18.0 Å². The largest absolute Gasteiger partial charge is 0.341 e. The molecule has 170 valence electrons. The molecule has 1 fully saturated rings. The smallest absolute Gasteiger partial charge is 0.262 e. The zero-order valence-electron chi connectivity index (χ0n) is 17.6. The molecule has 0 saturated carbocycles. The van der Waals surface area contributed by atoms with E-state index in [0.717, 1.165) is 43.0 Å². The van der Waals surface area contributed by atoms with Gasteiger partial charge in [-0.3, -0.25) is 14.3 Å². The minimum atomic E-state index is -3.92. The van der Waals surface area contributed by atoms with Gasteiger partial charge in [0.1, 0.15) is 0 Å². The summed E-state index contributed by atoms with van der Waals surface area (Å²) in [6.07, 6.45) is 4.08. The van der Waals surface area contributed by atoms with Gasteiger partial charge in [-0.1, -0.05) is 30.5 Å². The number of sulfonamides is 1. The lowest BCUT2D eigenvalue weighted by Crippen LogP contribution is -2.45. The first kappa shape index (κ1) is 22.9. The first-order chi connectivity index (χ1) is 15.2. The Morgan fingerprint density at radius 2 is 1.84 bits per heavy atom. The van der Waals surface area contributed by atoms with Crippen LogP contribution in [0.1, 0.15) is 31.2 Å². The van der Waals surface area contributed by atoms with Crippen molar-refractivity contribution in [1.29, 1.82) is 0 Å². The van der Waals surface area contributed by atoms with E-state index in [1.54, 1.807) is 29.2 Å². The Kier molecular flexibility index (Phi) is 6.69. The molecule has 0 aromatic heterocycles. The molecule has 0 unspecified atom stereocenters. The Bertz CT molecular complexity index is 1160. The van der Waals surface area contributed by atoms with Gasteiger partial charge in [0.2, 0.25) is 11.8 Å². The number of halogens is 1. The highest BCUT2D eigenvalue weighted by Crippen LogP contribution is 2.38. The van der Waals surface area contributed by atoms with Crippen LogP contribution in [0, 0.1) is 6.92 Å². The Morgan fingerprint density at radius 3 is 2.53 bits per heavy atom. The lowest BCUT2D eigenvalue weighted by molar-refractivity contribution is -0.133. The summed E-state index contributed by atoms with van der Waals surface area (Å²) in [6, 6.07) is 9.51. The zero-order valence-corrected chi connectivity index (χ0v) is 19.9. The first-order valence-corrected chi connectivity index (χ1v) is 13.2. The zero-order chi connectivity index (χ0) is 22.9. The quantitative estimate of drug-likeness (QED) is 0.620. The number of carbonyl (C=O) groups is 2. The SMILES string of the molecule is Cc1ccc(NS(=O)(=O)c2ccc3c(c2)NC(=O)[C@H](C(=O)N2CCCCCC2)S3)c(Cl)c1. The summed E-state index contributed by atoms with van der Waals surface area (Å²) in [5.74, 6) is -0.617. The maximum atomic E-state index is 12.9. The van der Waals surface area contributed by atoms with Crippen molar-refractivity contribution in [1.82, 2.24) is 4.90 Å². The summed E-state index contributed by atoms with van der Waals surface area (Å²) in [4.78, 5) is 28.0. The Morgan fingerprint density at radius 1 is 1.12 bits per heavy atom.